The van der Waals surface area contributed by atoms with Crippen molar-refractivity contribution in [2.24, 2.45) is 0 Å². The van der Waals surface area contributed by atoms with Crippen LogP contribution in [0.25, 0.3) is 11.5 Å². The van der Waals surface area contributed by atoms with Gasteiger partial charge in [-0.1, -0.05) is 0 Å². The Labute approximate surface area is 146 Å². The minimum absolute atomic E-state index is 0.173. The van der Waals surface area contributed by atoms with Crippen molar-refractivity contribution >= 4 is 6.09 Å². The largest absolute Gasteiger partial charge is 0.508 e. The first-order valence-corrected chi connectivity index (χ1v) is 8.46. The summed E-state index contributed by atoms with van der Waals surface area (Å²) in [6, 6.07) is 6.26. The van der Waals surface area contributed by atoms with Crippen LogP contribution in [0.2, 0.25) is 0 Å². The van der Waals surface area contributed by atoms with Gasteiger partial charge in [0.1, 0.15) is 17.4 Å². The number of likely N-dealkylation sites (tertiary alicyclic amines) is 1. The van der Waals surface area contributed by atoms with Gasteiger partial charge in [0.05, 0.1) is 0 Å². The summed E-state index contributed by atoms with van der Waals surface area (Å²) in [7, 11) is 0. The van der Waals surface area contributed by atoms with Crippen molar-refractivity contribution in [2.75, 3.05) is 6.54 Å². The number of aromatic nitrogens is 2. The molecule has 7 nitrogen and oxygen atoms in total. The Hall–Kier alpha value is -2.57. The smallest absolute Gasteiger partial charge is 0.410 e. The molecule has 1 aliphatic heterocycles. The van der Waals surface area contributed by atoms with Crippen molar-refractivity contribution < 1.29 is 19.1 Å². The summed E-state index contributed by atoms with van der Waals surface area (Å²) in [5, 5.41) is 17.6. The Morgan fingerprint density at radius 3 is 2.64 bits per heavy atom. The van der Waals surface area contributed by atoms with E-state index in [1.54, 1.807) is 29.2 Å². The molecule has 2 heterocycles. The first-order chi connectivity index (χ1) is 11.8. The number of carbonyl (C=O) groups is 1. The SMILES string of the molecule is CC(C)(C)OC(=O)N1CCCC[C@@H]1c1nnc(-c2ccc(O)cc2)o1. The zero-order chi connectivity index (χ0) is 18.0. The first-order valence-electron chi connectivity index (χ1n) is 8.46. The molecule has 1 aromatic carbocycles. The Bertz CT molecular complexity index is 734. The molecule has 0 radical (unpaired) electrons. The van der Waals surface area contributed by atoms with Crippen LogP contribution in [-0.2, 0) is 4.74 Å². The maximum absolute atomic E-state index is 12.5. The van der Waals surface area contributed by atoms with Crippen molar-refractivity contribution in [2.45, 2.75) is 51.7 Å². The number of ether oxygens (including phenoxy) is 1. The number of piperidine rings is 1. The summed E-state index contributed by atoms with van der Waals surface area (Å²) in [5.41, 5.74) is 0.168. The average Bonchev–Trinajstić information content (AvgIpc) is 3.04. The fourth-order valence-corrected chi connectivity index (χ4v) is 2.82. The molecule has 134 valence electrons. The maximum Gasteiger partial charge on any atom is 0.410 e. The van der Waals surface area contributed by atoms with Gasteiger partial charge in [-0.2, -0.15) is 0 Å². The fraction of sp³-hybridized carbons (Fsp3) is 0.500. The summed E-state index contributed by atoms with van der Waals surface area (Å²) < 4.78 is 11.3. The Morgan fingerprint density at radius 1 is 1.24 bits per heavy atom. The molecule has 0 aliphatic carbocycles. The summed E-state index contributed by atoms with van der Waals surface area (Å²) in [5.74, 6) is 0.949. The van der Waals surface area contributed by atoms with Gasteiger partial charge in [-0.25, -0.2) is 4.79 Å². The number of benzene rings is 1. The van der Waals surface area contributed by atoms with E-state index < -0.39 is 5.60 Å². The molecule has 0 spiro atoms. The second kappa shape index (κ2) is 6.74. The molecule has 1 fully saturated rings. The molecule has 1 aromatic heterocycles. The monoisotopic (exact) mass is 345 g/mol. The van der Waals surface area contributed by atoms with Crippen LogP contribution >= 0.6 is 0 Å². The highest BCUT2D eigenvalue weighted by Gasteiger charge is 2.34. The standard InChI is InChI=1S/C18H23N3O4/c1-18(2,3)25-17(23)21-11-5-4-6-14(21)16-20-19-15(24-16)12-7-9-13(22)10-8-12/h7-10,14,22H,4-6,11H2,1-3H3/t14-/m1/s1. The van der Waals surface area contributed by atoms with E-state index in [4.69, 9.17) is 9.15 Å². The van der Waals surface area contributed by atoms with Crippen molar-refractivity contribution in [3.05, 3.63) is 30.2 Å². The molecule has 25 heavy (non-hydrogen) atoms. The normalized spacial score (nSPS) is 18.2. The lowest BCUT2D eigenvalue weighted by Crippen LogP contribution is -2.42. The number of rotatable bonds is 2. The molecule has 1 aliphatic rings. The van der Waals surface area contributed by atoms with Crippen LogP contribution in [0.3, 0.4) is 0 Å². The topological polar surface area (TPSA) is 88.7 Å². The molecule has 1 N–H and O–H groups in total. The number of hydrogen-bond donors (Lipinski definition) is 1. The van der Waals surface area contributed by atoms with Crippen molar-refractivity contribution in [3.8, 4) is 17.2 Å². The predicted molar refractivity (Wildman–Crippen MR) is 90.9 cm³/mol. The summed E-state index contributed by atoms with van der Waals surface area (Å²) >= 11 is 0. The molecule has 0 bridgehead atoms. The highest BCUT2D eigenvalue weighted by atomic mass is 16.6. The van der Waals surface area contributed by atoms with E-state index in [0.29, 0.717) is 18.3 Å². The predicted octanol–water partition coefficient (Wildman–Crippen LogP) is 3.90. The zero-order valence-electron chi connectivity index (χ0n) is 14.7. The molecule has 3 rings (SSSR count). The summed E-state index contributed by atoms with van der Waals surface area (Å²) in [6.45, 7) is 6.15. The Kier molecular flexibility index (Phi) is 4.65. The number of carbonyl (C=O) groups excluding carboxylic acids is 1. The lowest BCUT2D eigenvalue weighted by atomic mass is 10.0. The van der Waals surface area contributed by atoms with E-state index in [-0.39, 0.29) is 17.9 Å². The van der Waals surface area contributed by atoms with Gasteiger partial charge >= 0.3 is 6.09 Å². The molecular formula is C18H23N3O4. The molecule has 0 saturated carbocycles. The Balaban J connectivity index is 1.81. The van der Waals surface area contributed by atoms with Gasteiger partial charge in [-0.15, -0.1) is 10.2 Å². The van der Waals surface area contributed by atoms with Gasteiger partial charge < -0.3 is 14.3 Å². The quantitative estimate of drug-likeness (QED) is 0.888. The van der Waals surface area contributed by atoms with Crippen LogP contribution in [0.15, 0.2) is 28.7 Å². The lowest BCUT2D eigenvalue weighted by Gasteiger charge is -2.34. The summed E-state index contributed by atoms with van der Waals surface area (Å²) in [4.78, 5) is 14.2. The lowest BCUT2D eigenvalue weighted by molar-refractivity contribution is 0.00615. The Morgan fingerprint density at radius 2 is 1.96 bits per heavy atom. The van der Waals surface area contributed by atoms with Crippen molar-refractivity contribution in [3.63, 3.8) is 0 Å². The van der Waals surface area contributed by atoms with Crippen LogP contribution in [-0.4, -0.2) is 38.4 Å². The fourth-order valence-electron chi connectivity index (χ4n) is 2.82. The third kappa shape index (κ3) is 4.10. The number of aromatic hydroxyl groups is 1. The molecule has 0 unspecified atom stereocenters. The van der Waals surface area contributed by atoms with Crippen LogP contribution in [0, 0.1) is 0 Å². The van der Waals surface area contributed by atoms with Gasteiger partial charge in [0.2, 0.25) is 11.8 Å². The minimum Gasteiger partial charge on any atom is -0.508 e. The number of nitrogens with zero attached hydrogens (tertiary/aromatic N) is 3. The highest BCUT2D eigenvalue weighted by molar-refractivity contribution is 5.68. The van der Waals surface area contributed by atoms with Crippen molar-refractivity contribution in [1.82, 2.24) is 15.1 Å². The zero-order valence-corrected chi connectivity index (χ0v) is 14.7. The molecule has 7 heteroatoms. The molecule has 1 amide bonds. The second-order valence-electron chi connectivity index (χ2n) is 7.18. The van der Waals surface area contributed by atoms with Crippen LogP contribution in [0.1, 0.15) is 52.0 Å². The van der Waals surface area contributed by atoms with E-state index in [2.05, 4.69) is 10.2 Å². The van der Waals surface area contributed by atoms with E-state index in [1.165, 1.54) is 0 Å². The van der Waals surface area contributed by atoms with Gasteiger partial charge in [0, 0.05) is 12.1 Å². The maximum atomic E-state index is 12.5. The molecule has 1 saturated heterocycles. The second-order valence-corrected chi connectivity index (χ2v) is 7.18. The van der Waals surface area contributed by atoms with Gasteiger partial charge in [0.25, 0.3) is 0 Å². The van der Waals surface area contributed by atoms with E-state index in [1.807, 2.05) is 20.8 Å². The van der Waals surface area contributed by atoms with E-state index in [0.717, 1.165) is 24.8 Å². The summed E-state index contributed by atoms with van der Waals surface area (Å²) in [6.07, 6.45) is 2.31. The number of phenolic OH excluding ortho intramolecular Hbond substituents is 1. The third-order valence-electron chi connectivity index (χ3n) is 3.97. The number of phenols is 1. The average molecular weight is 345 g/mol. The van der Waals surface area contributed by atoms with E-state index in [9.17, 15) is 9.90 Å². The number of hydrogen-bond acceptors (Lipinski definition) is 6. The molecular weight excluding hydrogens is 322 g/mol. The van der Waals surface area contributed by atoms with Crippen LogP contribution in [0.5, 0.6) is 5.75 Å². The van der Waals surface area contributed by atoms with Gasteiger partial charge in [-0.3, -0.25) is 4.90 Å². The third-order valence-corrected chi connectivity index (χ3v) is 3.97. The first kappa shape index (κ1) is 17.3. The van der Waals surface area contributed by atoms with Crippen molar-refractivity contribution in [1.29, 1.82) is 0 Å². The van der Waals surface area contributed by atoms with E-state index >= 15 is 0 Å². The van der Waals surface area contributed by atoms with Gasteiger partial charge in [-0.05, 0) is 64.3 Å². The molecule has 1 atom stereocenters. The van der Waals surface area contributed by atoms with Gasteiger partial charge in [0.15, 0.2) is 0 Å². The minimum atomic E-state index is -0.550. The number of amides is 1. The van der Waals surface area contributed by atoms with Crippen LogP contribution in [0.4, 0.5) is 4.79 Å². The molecule has 2 aromatic rings. The highest BCUT2D eigenvalue weighted by Crippen LogP contribution is 2.33. The van der Waals surface area contributed by atoms with Crippen LogP contribution < -0.4 is 0 Å².